The van der Waals surface area contributed by atoms with Crippen molar-refractivity contribution in [1.29, 1.82) is 0 Å². The van der Waals surface area contributed by atoms with E-state index in [1.807, 2.05) is 0 Å². The van der Waals surface area contributed by atoms with Gasteiger partial charge in [-0.1, -0.05) is 12.8 Å². The van der Waals surface area contributed by atoms with Crippen molar-refractivity contribution >= 4 is 15.9 Å². The fraction of sp³-hybridized carbons (Fsp3) is 0.533. The summed E-state index contributed by atoms with van der Waals surface area (Å²) in [5.41, 5.74) is 0. The number of carbonyl (C=O) groups is 1. The first-order chi connectivity index (χ1) is 10.9. The van der Waals surface area contributed by atoms with Crippen LogP contribution in [0.2, 0.25) is 0 Å². The fourth-order valence-corrected chi connectivity index (χ4v) is 3.54. The number of benzene rings is 1. The van der Waals surface area contributed by atoms with Crippen molar-refractivity contribution in [2.24, 2.45) is 0 Å². The van der Waals surface area contributed by atoms with Crippen LogP contribution >= 0.6 is 0 Å². The number of nitrogens with one attached hydrogen (secondary N) is 1. The van der Waals surface area contributed by atoms with Crippen LogP contribution in [0.1, 0.15) is 32.1 Å². The quantitative estimate of drug-likeness (QED) is 0.887. The lowest BCUT2D eigenvalue weighted by Crippen LogP contribution is -2.35. The monoisotopic (exact) mass is 346 g/mol. The number of amides is 1. The number of sulfonamides is 1. The van der Waals surface area contributed by atoms with Gasteiger partial charge in [0.2, 0.25) is 15.9 Å². The smallest absolute Gasteiger partial charge is 0.240 e. The first kappa shape index (κ1) is 17.8. The number of hydrogen-bond acceptors (Lipinski definition) is 3. The minimum absolute atomic E-state index is 0.0446. The Morgan fingerprint density at radius 2 is 1.74 bits per heavy atom. The molecule has 23 heavy (non-hydrogen) atoms. The predicted octanol–water partition coefficient (Wildman–Crippen LogP) is 2.04. The minimum atomic E-state index is -3.96. The van der Waals surface area contributed by atoms with Gasteiger partial charge in [-0.2, -0.15) is 0 Å². The summed E-state index contributed by atoms with van der Waals surface area (Å²) in [5.74, 6) is -2.44. The summed E-state index contributed by atoms with van der Waals surface area (Å²) >= 11 is 0. The molecule has 128 valence electrons. The Morgan fingerprint density at radius 3 is 2.35 bits per heavy atom. The number of likely N-dealkylation sites (tertiary alicyclic amines) is 1. The number of rotatable bonds is 5. The number of halogens is 2. The van der Waals surface area contributed by atoms with E-state index >= 15 is 0 Å². The van der Waals surface area contributed by atoms with Gasteiger partial charge in [0.05, 0.1) is 4.90 Å². The summed E-state index contributed by atoms with van der Waals surface area (Å²) in [6.07, 6.45) is 4.18. The Bertz CT molecular complexity index is 657. The van der Waals surface area contributed by atoms with Crippen molar-refractivity contribution in [3.05, 3.63) is 29.8 Å². The van der Waals surface area contributed by atoms with Crippen molar-refractivity contribution in [2.75, 3.05) is 19.6 Å². The van der Waals surface area contributed by atoms with Crippen molar-refractivity contribution in [2.45, 2.75) is 37.0 Å². The van der Waals surface area contributed by atoms with Crippen LogP contribution in [0.25, 0.3) is 0 Å². The minimum Gasteiger partial charge on any atom is -0.343 e. The molecule has 1 aromatic rings. The lowest BCUT2D eigenvalue weighted by atomic mass is 10.2. The number of nitrogens with zero attached hydrogens (tertiary/aromatic N) is 1. The van der Waals surface area contributed by atoms with Crippen LogP contribution in [0, 0.1) is 11.6 Å². The first-order valence-corrected chi connectivity index (χ1v) is 9.11. The SMILES string of the molecule is O=C(CCNS(=O)(=O)c1ccc(F)c(F)c1)N1CCCCCC1. The van der Waals surface area contributed by atoms with E-state index in [4.69, 9.17) is 0 Å². The molecule has 0 aliphatic carbocycles. The second kappa shape index (κ2) is 7.83. The third-order valence-electron chi connectivity index (χ3n) is 3.79. The maximum atomic E-state index is 13.1. The molecule has 0 radical (unpaired) electrons. The van der Waals surface area contributed by atoms with Gasteiger partial charge in [0.25, 0.3) is 0 Å². The van der Waals surface area contributed by atoms with Crippen LogP contribution in [-0.2, 0) is 14.8 Å². The van der Waals surface area contributed by atoms with Gasteiger partial charge in [-0.3, -0.25) is 4.79 Å². The van der Waals surface area contributed by atoms with Crippen molar-refractivity contribution in [3.63, 3.8) is 0 Å². The van der Waals surface area contributed by atoms with Crippen molar-refractivity contribution in [3.8, 4) is 0 Å². The van der Waals surface area contributed by atoms with Gasteiger partial charge >= 0.3 is 0 Å². The van der Waals surface area contributed by atoms with E-state index in [0.717, 1.165) is 37.8 Å². The fourth-order valence-electron chi connectivity index (χ4n) is 2.50. The zero-order valence-corrected chi connectivity index (χ0v) is 13.5. The molecule has 0 bridgehead atoms. The number of carbonyl (C=O) groups excluding carboxylic acids is 1. The molecule has 1 saturated heterocycles. The van der Waals surface area contributed by atoms with Gasteiger partial charge in [-0.25, -0.2) is 21.9 Å². The van der Waals surface area contributed by atoms with E-state index in [9.17, 15) is 22.0 Å². The molecule has 1 aromatic carbocycles. The highest BCUT2D eigenvalue weighted by Gasteiger charge is 2.19. The highest BCUT2D eigenvalue weighted by atomic mass is 32.2. The molecule has 1 aliphatic heterocycles. The Labute approximate surface area is 134 Å². The van der Waals surface area contributed by atoms with E-state index in [2.05, 4.69) is 4.72 Å². The maximum absolute atomic E-state index is 13.1. The van der Waals surface area contributed by atoms with Crippen molar-refractivity contribution in [1.82, 2.24) is 9.62 Å². The van der Waals surface area contributed by atoms with Crippen LogP contribution in [0.4, 0.5) is 8.78 Å². The molecule has 0 unspecified atom stereocenters. The van der Waals surface area contributed by atoms with Gasteiger partial charge in [0, 0.05) is 26.1 Å². The third kappa shape index (κ3) is 4.97. The molecule has 0 atom stereocenters. The zero-order valence-electron chi connectivity index (χ0n) is 12.7. The second-order valence-electron chi connectivity index (χ2n) is 5.52. The summed E-state index contributed by atoms with van der Waals surface area (Å²) in [6, 6.07) is 2.36. The largest absolute Gasteiger partial charge is 0.343 e. The summed E-state index contributed by atoms with van der Waals surface area (Å²) < 4.78 is 52.2. The van der Waals surface area contributed by atoms with E-state index in [0.29, 0.717) is 19.2 Å². The highest BCUT2D eigenvalue weighted by molar-refractivity contribution is 7.89. The van der Waals surface area contributed by atoms with Crippen LogP contribution < -0.4 is 4.72 Å². The Kier molecular flexibility index (Phi) is 6.06. The molecular formula is C15H20F2N2O3S. The molecule has 8 heteroatoms. The van der Waals surface area contributed by atoms with Gasteiger partial charge in [0.1, 0.15) is 0 Å². The first-order valence-electron chi connectivity index (χ1n) is 7.62. The molecule has 1 fully saturated rings. The average Bonchev–Trinajstić information content (AvgIpc) is 2.79. The van der Waals surface area contributed by atoms with Gasteiger partial charge in [-0.05, 0) is 31.0 Å². The highest BCUT2D eigenvalue weighted by Crippen LogP contribution is 2.14. The van der Waals surface area contributed by atoms with Gasteiger partial charge in [0.15, 0.2) is 11.6 Å². The molecule has 0 spiro atoms. The van der Waals surface area contributed by atoms with Gasteiger partial charge in [-0.15, -0.1) is 0 Å². The third-order valence-corrected chi connectivity index (χ3v) is 5.25. The standard InChI is InChI=1S/C15H20F2N2O3S/c16-13-6-5-12(11-14(13)17)23(21,22)18-8-7-15(20)19-9-3-1-2-4-10-19/h5-6,11,18H,1-4,7-10H2. The van der Waals surface area contributed by atoms with E-state index in [1.165, 1.54) is 0 Å². The summed E-state index contributed by atoms with van der Waals surface area (Å²) in [4.78, 5) is 13.4. The molecule has 2 rings (SSSR count). The van der Waals surface area contributed by atoms with Crippen LogP contribution in [0.3, 0.4) is 0 Å². The molecule has 1 heterocycles. The Hall–Kier alpha value is -1.54. The molecule has 0 saturated carbocycles. The topological polar surface area (TPSA) is 66.5 Å². The molecular weight excluding hydrogens is 326 g/mol. The Morgan fingerprint density at radius 1 is 1.09 bits per heavy atom. The van der Waals surface area contributed by atoms with Gasteiger partial charge < -0.3 is 4.90 Å². The molecule has 1 amide bonds. The van der Waals surface area contributed by atoms with Crippen LogP contribution in [-0.4, -0.2) is 38.9 Å². The Balaban J connectivity index is 1.89. The molecule has 1 aliphatic rings. The van der Waals surface area contributed by atoms with E-state index in [1.54, 1.807) is 4.90 Å². The molecule has 5 nitrogen and oxygen atoms in total. The number of hydrogen-bond donors (Lipinski definition) is 1. The lowest BCUT2D eigenvalue weighted by Gasteiger charge is -2.20. The summed E-state index contributed by atoms with van der Waals surface area (Å²) in [7, 11) is -3.96. The maximum Gasteiger partial charge on any atom is 0.240 e. The van der Waals surface area contributed by atoms with Crippen LogP contribution in [0.5, 0.6) is 0 Å². The summed E-state index contributed by atoms with van der Waals surface area (Å²) in [5, 5.41) is 0. The molecule has 1 N–H and O–H groups in total. The lowest BCUT2D eigenvalue weighted by molar-refractivity contribution is -0.130. The normalized spacial score (nSPS) is 16.2. The molecule has 0 aromatic heterocycles. The average molecular weight is 346 g/mol. The van der Waals surface area contributed by atoms with E-state index < -0.39 is 21.7 Å². The second-order valence-corrected chi connectivity index (χ2v) is 7.29. The summed E-state index contributed by atoms with van der Waals surface area (Å²) in [6.45, 7) is 1.33. The zero-order chi connectivity index (χ0) is 16.9. The van der Waals surface area contributed by atoms with Crippen molar-refractivity contribution < 1.29 is 22.0 Å². The van der Waals surface area contributed by atoms with E-state index in [-0.39, 0.29) is 23.8 Å². The van der Waals surface area contributed by atoms with Crippen LogP contribution in [0.15, 0.2) is 23.1 Å². The predicted molar refractivity (Wildman–Crippen MR) is 81.2 cm³/mol.